The lowest BCUT2D eigenvalue weighted by molar-refractivity contribution is -0.147. The number of ether oxygens (including phenoxy) is 2. The SMILES string of the molecule is Cc1c2c(cc(Br)c1C1(C(=O)O)CCC1)OCCCO2. The van der Waals surface area contributed by atoms with Crippen LogP contribution in [0.3, 0.4) is 0 Å². The highest BCUT2D eigenvalue weighted by Gasteiger charge is 2.48. The van der Waals surface area contributed by atoms with E-state index in [9.17, 15) is 9.90 Å². The lowest BCUT2D eigenvalue weighted by Gasteiger charge is -2.40. The van der Waals surface area contributed by atoms with E-state index >= 15 is 0 Å². The van der Waals surface area contributed by atoms with Gasteiger partial charge in [0, 0.05) is 16.5 Å². The number of hydrogen-bond acceptors (Lipinski definition) is 3. The van der Waals surface area contributed by atoms with Crippen molar-refractivity contribution in [2.45, 2.75) is 38.0 Å². The lowest BCUT2D eigenvalue weighted by Crippen LogP contribution is -2.43. The fraction of sp³-hybridized carbons (Fsp3) is 0.533. The summed E-state index contributed by atoms with van der Waals surface area (Å²) in [6.45, 7) is 3.16. The Hall–Kier alpha value is -1.23. The second-order valence-corrected chi connectivity index (χ2v) is 6.33. The van der Waals surface area contributed by atoms with Crippen LogP contribution in [0.2, 0.25) is 0 Å². The van der Waals surface area contributed by atoms with Crippen LogP contribution in [0.4, 0.5) is 0 Å². The molecule has 2 aliphatic rings. The number of hydrogen-bond donors (Lipinski definition) is 1. The Morgan fingerprint density at radius 1 is 1.30 bits per heavy atom. The molecule has 1 fully saturated rings. The molecule has 3 rings (SSSR count). The fourth-order valence-corrected chi connectivity index (χ4v) is 4.01. The van der Waals surface area contributed by atoms with Crippen molar-refractivity contribution < 1.29 is 19.4 Å². The number of aliphatic carboxylic acids is 1. The normalized spacial score (nSPS) is 19.9. The van der Waals surface area contributed by atoms with Gasteiger partial charge in [-0.2, -0.15) is 0 Å². The van der Waals surface area contributed by atoms with E-state index in [2.05, 4.69) is 15.9 Å². The van der Waals surface area contributed by atoms with Gasteiger partial charge in [-0.25, -0.2) is 0 Å². The second-order valence-electron chi connectivity index (χ2n) is 5.48. The number of carbonyl (C=O) groups is 1. The zero-order chi connectivity index (χ0) is 14.3. The minimum absolute atomic E-state index is 0.606. The van der Waals surface area contributed by atoms with Crippen molar-refractivity contribution in [1.82, 2.24) is 0 Å². The Balaban J connectivity index is 2.17. The molecule has 108 valence electrons. The number of fused-ring (bicyclic) bond motifs is 1. The van der Waals surface area contributed by atoms with Crippen LogP contribution < -0.4 is 9.47 Å². The average molecular weight is 341 g/mol. The van der Waals surface area contributed by atoms with Crippen molar-refractivity contribution in [2.24, 2.45) is 0 Å². The molecule has 0 atom stereocenters. The van der Waals surface area contributed by atoms with Crippen molar-refractivity contribution in [3.63, 3.8) is 0 Å². The Morgan fingerprint density at radius 3 is 2.60 bits per heavy atom. The van der Waals surface area contributed by atoms with Crippen LogP contribution in [0.5, 0.6) is 11.5 Å². The van der Waals surface area contributed by atoms with E-state index in [4.69, 9.17) is 9.47 Å². The fourth-order valence-electron chi connectivity index (χ4n) is 3.12. The zero-order valence-corrected chi connectivity index (χ0v) is 13.0. The van der Waals surface area contributed by atoms with E-state index in [1.807, 2.05) is 13.0 Å². The van der Waals surface area contributed by atoms with Crippen LogP contribution in [0.25, 0.3) is 0 Å². The third kappa shape index (κ3) is 1.91. The summed E-state index contributed by atoms with van der Waals surface area (Å²) in [7, 11) is 0. The maximum atomic E-state index is 11.8. The molecule has 1 N–H and O–H groups in total. The van der Waals surface area contributed by atoms with Crippen molar-refractivity contribution in [3.8, 4) is 11.5 Å². The zero-order valence-electron chi connectivity index (χ0n) is 11.4. The van der Waals surface area contributed by atoms with Gasteiger partial charge < -0.3 is 14.6 Å². The van der Waals surface area contributed by atoms with Gasteiger partial charge in [-0.3, -0.25) is 4.79 Å². The van der Waals surface area contributed by atoms with Gasteiger partial charge in [0.2, 0.25) is 0 Å². The molecule has 1 saturated carbocycles. The highest BCUT2D eigenvalue weighted by molar-refractivity contribution is 9.10. The first-order chi connectivity index (χ1) is 9.56. The van der Waals surface area contributed by atoms with Crippen molar-refractivity contribution in [3.05, 3.63) is 21.7 Å². The number of carboxylic acid groups (broad SMARTS) is 1. The molecular formula is C15H17BrO4. The molecule has 1 aliphatic carbocycles. The van der Waals surface area contributed by atoms with Crippen molar-refractivity contribution in [1.29, 1.82) is 0 Å². The predicted octanol–water partition coefficient (Wildman–Crippen LogP) is 3.43. The highest BCUT2D eigenvalue weighted by Crippen LogP contribution is 2.51. The summed E-state index contributed by atoms with van der Waals surface area (Å²) in [4.78, 5) is 11.8. The summed E-state index contributed by atoms with van der Waals surface area (Å²) in [5, 5.41) is 9.65. The standard InChI is InChI=1S/C15H17BrO4/c1-9-12(15(14(17)18)4-2-5-15)10(16)8-11-13(9)20-7-3-6-19-11/h8H,2-7H2,1H3,(H,17,18). The van der Waals surface area contributed by atoms with E-state index in [1.165, 1.54) is 0 Å². The first kappa shape index (κ1) is 13.7. The minimum Gasteiger partial charge on any atom is -0.490 e. The van der Waals surface area contributed by atoms with Gasteiger partial charge in [0.25, 0.3) is 0 Å². The third-order valence-electron chi connectivity index (χ3n) is 4.32. The summed E-state index contributed by atoms with van der Waals surface area (Å²) in [6.07, 6.45) is 3.15. The van der Waals surface area contributed by atoms with Gasteiger partial charge in [0.15, 0.2) is 11.5 Å². The molecule has 1 aromatic rings. The van der Waals surface area contributed by atoms with Gasteiger partial charge in [-0.1, -0.05) is 22.4 Å². The lowest BCUT2D eigenvalue weighted by atomic mass is 9.63. The Bertz CT molecular complexity index is 563. The van der Waals surface area contributed by atoms with Crippen LogP contribution in [-0.2, 0) is 10.2 Å². The monoisotopic (exact) mass is 340 g/mol. The summed E-state index contributed by atoms with van der Waals surface area (Å²) >= 11 is 3.53. The van der Waals surface area contributed by atoms with Gasteiger partial charge >= 0.3 is 5.97 Å². The molecule has 0 bridgehead atoms. The molecule has 1 aliphatic heterocycles. The average Bonchev–Trinajstić information content (AvgIpc) is 2.56. The number of benzene rings is 1. The Labute approximate surface area is 126 Å². The van der Waals surface area contributed by atoms with E-state index < -0.39 is 11.4 Å². The Kier molecular flexibility index (Phi) is 3.40. The van der Waals surface area contributed by atoms with Gasteiger partial charge in [0.1, 0.15) is 0 Å². The molecular weight excluding hydrogens is 324 g/mol. The maximum Gasteiger partial charge on any atom is 0.314 e. The number of carboxylic acids is 1. The van der Waals surface area contributed by atoms with Crippen LogP contribution >= 0.6 is 15.9 Å². The van der Waals surface area contributed by atoms with E-state index in [-0.39, 0.29) is 0 Å². The van der Waals surface area contributed by atoms with E-state index in [0.717, 1.165) is 28.4 Å². The summed E-state index contributed by atoms with van der Waals surface area (Å²) in [5.74, 6) is 0.658. The summed E-state index contributed by atoms with van der Waals surface area (Å²) < 4.78 is 12.3. The smallest absolute Gasteiger partial charge is 0.314 e. The first-order valence-electron chi connectivity index (χ1n) is 6.89. The van der Waals surface area contributed by atoms with Crippen LogP contribution in [0.15, 0.2) is 10.5 Å². The summed E-state index contributed by atoms with van der Waals surface area (Å²) in [5.41, 5.74) is 0.965. The molecule has 0 saturated heterocycles. The quantitative estimate of drug-likeness (QED) is 0.896. The largest absolute Gasteiger partial charge is 0.490 e. The molecule has 20 heavy (non-hydrogen) atoms. The van der Waals surface area contributed by atoms with E-state index in [1.54, 1.807) is 0 Å². The molecule has 5 heteroatoms. The maximum absolute atomic E-state index is 11.8. The second kappa shape index (κ2) is 4.95. The molecule has 1 aromatic carbocycles. The Morgan fingerprint density at radius 2 is 2.00 bits per heavy atom. The van der Waals surface area contributed by atoms with Crippen molar-refractivity contribution >= 4 is 21.9 Å². The minimum atomic E-state index is -0.770. The molecule has 0 amide bonds. The molecule has 0 aromatic heterocycles. The molecule has 0 spiro atoms. The van der Waals surface area contributed by atoms with Gasteiger partial charge in [-0.15, -0.1) is 0 Å². The van der Waals surface area contributed by atoms with Crippen LogP contribution in [-0.4, -0.2) is 24.3 Å². The first-order valence-corrected chi connectivity index (χ1v) is 7.68. The van der Waals surface area contributed by atoms with Crippen LogP contribution in [0.1, 0.15) is 36.8 Å². The van der Waals surface area contributed by atoms with Crippen molar-refractivity contribution in [2.75, 3.05) is 13.2 Å². The van der Waals surface area contributed by atoms with E-state index in [0.29, 0.717) is 37.6 Å². The third-order valence-corrected chi connectivity index (χ3v) is 4.95. The number of halogens is 1. The van der Waals surface area contributed by atoms with Gasteiger partial charge in [-0.05, 0) is 31.4 Å². The molecule has 0 radical (unpaired) electrons. The molecule has 0 unspecified atom stereocenters. The predicted molar refractivity (Wildman–Crippen MR) is 77.7 cm³/mol. The molecule has 4 nitrogen and oxygen atoms in total. The van der Waals surface area contributed by atoms with Crippen LogP contribution in [0, 0.1) is 6.92 Å². The summed E-state index contributed by atoms with van der Waals surface area (Å²) in [6, 6.07) is 1.85. The topological polar surface area (TPSA) is 55.8 Å². The highest BCUT2D eigenvalue weighted by atomic mass is 79.9. The number of rotatable bonds is 2. The van der Waals surface area contributed by atoms with Gasteiger partial charge in [0.05, 0.1) is 18.6 Å². The molecule has 1 heterocycles.